The van der Waals surface area contributed by atoms with Crippen LogP contribution in [0, 0.1) is 0 Å². The van der Waals surface area contributed by atoms with Crippen LogP contribution in [0.4, 0.5) is 45.5 Å². The summed E-state index contributed by atoms with van der Waals surface area (Å²) in [5.74, 6) is 0. The fourth-order valence-corrected chi connectivity index (χ4v) is 10.8. The smallest absolute Gasteiger partial charge is 0.131 e. The molecule has 2 unspecified atom stereocenters. The first-order chi connectivity index (χ1) is 30.8. The number of nitrogens with one attached hydrogen (secondary N) is 3. The van der Waals surface area contributed by atoms with Gasteiger partial charge >= 0.3 is 0 Å². The fraction of sp³-hybridized carbons (Fsp3) is 0.179. The molecule has 0 fully saturated rings. The highest BCUT2D eigenvalue weighted by Gasteiger charge is 2.42. The van der Waals surface area contributed by atoms with Gasteiger partial charge in [-0.2, -0.15) is 0 Å². The van der Waals surface area contributed by atoms with E-state index in [0.29, 0.717) is 0 Å². The van der Waals surface area contributed by atoms with Crippen LogP contribution in [-0.4, -0.2) is 19.6 Å². The number of anilines is 8. The molecule has 62 heavy (non-hydrogen) atoms. The van der Waals surface area contributed by atoms with Gasteiger partial charge in [-0.3, -0.25) is 0 Å². The Kier molecular flexibility index (Phi) is 8.91. The van der Waals surface area contributed by atoms with Crippen molar-refractivity contribution >= 4 is 88.6 Å². The van der Waals surface area contributed by atoms with Crippen LogP contribution in [0.5, 0.6) is 0 Å². The number of para-hydroxylation sites is 2. The minimum absolute atomic E-state index is 0.220. The van der Waals surface area contributed by atoms with Crippen molar-refractivity contribution in [1.82, 2.24) is 0 Å². The van der Waals surface area contributed by atoms with E-state index in [1.165, 1.54) is 114 Å². The maximum Gasteiger partial charge on any atom is 0.131 e. The Morgan fingerprint density at radius 3 is 1.40 bits per heavy atom. The van der Waals surface area contributed by atoms with Crippen LogP contribution < -0.4 is 30.7 Å². The van der Waals surface area contributed by atoms with Crippen molar-refractivity contribution in [2.75, 3.05) is 50.3 Å². The zero-order valence-electron chi connectivity index (χ0n) is 35.1. The van der Waals surface area contributed by atoms with Crippen LogP contribution in [-0.2, 0) is 0 Å². The van der Waals surface area contributed by atoms with Crippen molar-refractivity contribution < 1.29 is 0 Å². The zero-order valence-corrected chi connectivity index (χ0v) is 35.1. The number of rotatable bonds is 9. The molecule has 0 aliphatic carbocycles. The lowest BCUT2D eigenvalue weighted by Crippen LogP contribution is -2.36. The van der Waals surface area contributed by atoms with E-state index in [1.54, 1.807) is 0 Å². The highest BCUT2D eigenvalue weighted by Crippen LogP contribution is 2.58. The van der Waals surface area contributed by atoms with Gasteiger partial charge < -0.3 is 30.7 Å². The molecule has 0 aromatic heterocycles. The van der Waals surface area contributed by atoms with Crippen molar-refractivity contribution in [3.63, 3.8) is 0 Å². The molecule has 0 saturated carbocycles. The summed E-state index contributed by atoms with van der Waals surface area (Å²) < 4.78 is 0. The van der Waals surface area contributed by atoms with Crippen LogP contribution in [0.25, 0.3) is 43.1 Å². The van der Waals surface area contributed by atoms with E-state index in [0.717, 1.165) is 31.0 Å². The van der Waals surface area contributed by atoms with E-state index in [2.05, 4.69) is 207 Å². The van der Waals surface area contributed by atoms with Crippen molar-refractivity contribution in [3.8, 4) is 0 Å². The fourth-order valence-electron chi connectivity index (χ4n) is 10.8. The number of nitrogens with zero attached hydrogens (tertiary/aromatic N) is 3. The summed E-state index contributed by atoms with van der Waals surface area (Å²) in [5.41, 5.74) is 12.0. The predicted molar refractivity (Wildman–Crippen MR) is 264 cm³/mol. The van der Waals surface area contributed by atoms with Gasteiger partial charge in [0.1, 0.15) is 12.3 Å². The zero-order chi connectivity index (χ0) is 41.1. The molecule has 12 rings (SSSR count). The molecule has 0 radical (unpaired) electrons. The maximum atomic E-state index is 4.26. The molecule has 3 heterocycles. The molecule has 6 nitrogen and oxygen atoms in total. The second-order valence-electron chi connectivity index (χ2n) is 17.1. The van der Waals surface area contributed by atoms with Crippen molar-refractivity contribution in [3.05, 3.63) is 181 Å². The summed E-state index contributed by atoms with van der Waals surface area (Å²) in [4.78, 5) is 7.79. The van der Waals surface area contributed by atoms with E-state index in [9.17, 15) is 0 Å². The standard InChI is InChI=1S/C56H50N6/c1-2-3-4-19-33-60-34-32-57-49-35-47(55-58-51-43-28-15-11-24-39(43)41-26-13-17-30-45(41)53(51)61(55)37-20-7-5-8-21-37)48(36-50(49)60)56-59-52-44-29-16-12-25-40(44)42-27-14-18-31-46(42)54(52)62(56)38-22-9-6-10-23-38/h5-18,20-31,35-36,55-59H,2-4,19,32-34H2,1H3. The van der Waals surface area contributed by atoms with E-state index >= 15 is 0 Å². The SMILES string of the molecule is CCCCCCN1CCNc2cc(C3Nc4c(c5ccccc5c5ccccc45)N3c3ccccc3)c(C3Nc4c(c5ccccc5c5ccccc45)N3c3ccccc3)cc21. The van der Waals surface area contributed by atoms with Gasteiger partial charge in [0.15, 0.2) is 0 Å². The van der Waals surface area contributed by atoms with Gasteiger partial charge in [0.2, 0.25) is 0 Å². The normalized spacial score (nSPS) is 16.6. The number of unbranched alkanes of at least 4 members (excludes halogenated alkanes) is 3. The van der Waals surface area contributed by atoms with Crippen molar-refractivity contribution in [2.24, 2.45) is 0 Å². The molecule has 2 atom stereocenters. The van der Waals surface area contributed by atoms with Gasteiger partial charge in [-0.05, 0) is 64.4 Å². The van der Waals surface area contributed by atoms with Gasteiger partial charge in [-0.25, -0.2) is 0 Å². The van der Waals surface area contributed by atoms with Gasteiger partial charge in [0, 0.05) is 63.7 Å². The Balaban J connectivity index is 1.13. The highest BCUT2D eigenvalue weighted by atomic mass is 15.4. The van der Waals surface area contributed by atoms with Crippen LogP contribution in [0.15, 0.2) is 170 Å². The predicted octanol–water partition coefficient (Wildman–Crippen LogP) is 14.6. The lowest BCUT2D eigenvalue weighted by Gasteiger charge is -2.37. The third kappa shape index (κ3) is 5.77. The minimum Gasteiger partial charge on any atom is -0.382 e. The number of hydrogen-bond donors (Lipinski definition) is 3. The molecule has 3 aliphatic rings. The summed E-state index contributed by atoms with van der Waals surface area (Å²) in [5, 5.41) is 22.4. The molecule has 0 bridgehead atoms. The van der Waals surface area contributed by atoms with Crippen LogP contribution in [0.2, 0.25) is 0 Å². The Hall–Kier alpha value is -7.18. The quantitative estimate of drug-likeness (QED) is 0.0998. The van der Waals surface area contributed by atoms with E-state index < -0.39 is 0 Å². The molecule has 3 N–H and O–H groups in total. The van der Waals surface area contributed by atoms with Crippen molar-refractivity contribution in [2.45, 2.75) is 44.9 Å². The third-order valence-electron chi connectivity index (χ3n) is 13.6. The number of benzene rings is 9. The average Bonchev–Trinajstić information content (AvgIpc) is 3.95. The van der Waals surface area contributed by atoms with E-state index in [4.69, 9.17) is 0 Å². The molecular weight excluding hydrogens is 757 g/mol. The molecule has 9 aromatic rings. The van der Waals surface area contributed by atoms with Crippen LogP contribution in [0.3, 0.4) is 0 Å². The molecule has 0 saturated heterocycles. The molecular formula is C56H50N6. The molecule has 0 spiro atoms. The summed E-state index contributed by atoms with van der Waals surface area (Å²) in [6.45, 7) is 5.24. The minimum atomic E-state index is -0.222. The topological polar surface area (TPSA) is 45.8 Å². The molecule has 9 aromatic carbocycles. The summed E-state index contributed by atoms with van der Waals surface area (Å²) in [7, 11) is 0. The number of fused-ring (bicyclic) bond motifs is 13. The first kappa shape index (κ1) is 36.7. The largest absolute Gasteiger partial charge is 0.382 e. The Morgan fingerprint density at radius 1 is 0.468 bits per heavy atom. The lowest BCUT2D eigenvalue weighted by atomic mass is 9.96. The monoisotopic (exact) mass is 806 g/mol. The summed E-state index contributed by atoms with van der Waals surface area (Å²) >= 11 is 0. The van der Waals surface area contributed by atoms with Crippen LogP contribution in [0.1, 0.15) is 56.1 Å². The second-order valence-corrected chi connectivity index (χ2v) is 17.1. The first-order valence-electron chi connectivity index (χ1n) is 22.5. The summed E-state index contributed by atoms with van der Waals surface area (Å²) in [6.07, 6.45) is 4.50. The van der Waals surface area contributed by atoms with Crippen molar-refractivity contribution in [1.29, 1.82) is 0 Å². The first-order valence-corrected chi connectivity index (χ1v) is 22.5. The van der Waals surface area contributed by atoms with Gasteiger partial charge in [-0.1, -0.05) is 160 Å². The molecule has 304 valence electrons. The third-order valence-corrected chi connectivity index (χ3v) is 13.6. The Labute approximate surface area is 363 Å². The Morgan fingerprint density at radius 2 is 0.903 bits per heavy atom. The second kappa shape index (κ2) is 15.1. The Bertz CT molecular complexity index is 3150. The van der Waals surface area contributed by atoms with Gasteiger partial charge in [-0.15, -0.1) is 0 Å². The van der Waals surface area contributed by atoms with E-state index in [1.807, 2.05) is 0 Å². The highest BCUT2D eigenvalue weighted by molar-refractivity contribution is 6.23. The molecule has 3 aliphatic heterocycles. The van der Waals surface area contributed by atoms with Crippen LogP contribution >= 0.6 is 0 Å². The maximum absolute atomic E-state index is 4.26. The van der Waals surface area contributed by atoms with Gasteiger partial charge in [0.05, 0.1) is 34.1 Å². The van der Waals surface area contributed by atoms with Gasteiger partial charge in [0.25, 0.3) is 0 Å². The summed E-state index contributed by atoms with van der Waals surface area (Å²) in [6, 6.07) is 62.7. The molecule has 6 heteroatoms. The molecule has 0 amide bonds. The van der Waals surface area contributed by atoms with E-state index in [-0.39, 0.29) is 12.3 Å². The average molecular weight is 807 g/mol. The lowest BCUT2D eigenvalue weighted by molar-refractivity contribution is 0.641. The number of hydrogen-bond acceptors (Lipinski definition) is 6.